The Morgan fingerprint density at radius 3 is 1.62 bits per heavy atom. The van der Waals surface area contributed by atoms with Crippen LogP contribution in [-0.4, -0.2) is 11.6 Å². The summed E-state index contributed by atoms with van der Waals surface area (Å²) in [7, 11) is 0. The molecule has 0 aromatic rings. The first-order chi connectivity index (χ1) is 3.41. The average Bonchev–Trinajstić information content (AvgIpc) is 1.27. The monoisotopic (exact) mass is 295 g/mol. The van der Waals surface area contributed by atoms with Gasteiger partial charge in [-0.25, -0.2) is 0 Å². The zero-order valence-corrected chi connectivity index (χ0v) is 6.64. The maximum absolute atomic E-state index is 8.24. The van der Waals surface area contributed by atoms with Crippen molar-refractivity contribution in [1.29, 1.82) is 0 Å². The molecule has 0 radical (unpaired) electrons. The fourth-order valence-electron chi connectivity index (χ4n) is 0.204. The van der Waals surface area contributed by atoms with Crippen molar-refractivity contribution in [1.82, 2.24) is 0 Å². The quantitative estimate of drug-likeness (QED) is 0.677. The van der Waals surface area contributed by atoms with Crippen LogP contribution >= 0.6 is 0 Å². The number of aliphatic hydroxyl groups excluding tert-OH is 1. The molecule has 0 bridgehead atoms. The minimum atomic E-state index is 0. The molecule has 50 valence electrons. The van der Waals surface area contributed by atoms with E-state index in [-0.39, 0.29) is 21.1 Å². The first kappa shape index (κ1) is 11.0. The molecule has 0 heterocycles. The largest absolute Gasteiger partial charge is 2.00 e. The molecule has 1 rings (SSSR count). The van der Waals surface area contributed by atoms with Crippen LogP contribution in [0.3, 0.4) is 0 Å². The zero-order valence-electron chi connectivity index (χ0n) is 4.37. The molecule has 0 spiro atoms. The van der Waals surface area contributed by atoms with E-state index in [0.29, 0.717) is 6.47 Å². The van der Waals surface area contributed by atoms with Gasteiger partial charge >= 0.3 is 21.1 Å². The fraction of sp³-hybridized carbons (Fsp3) is 0.600. The molecular formula is C5H8O2Pt. The Bertz CT molecular complexity index is 39.7. The third kappa shape index (κ3) is 9.48. The van der Waals surface area contributed by atoms with Crippen LogP contribution in [-0.2, 0) is 25.9 Å². The van der Waals surface area contributed by atoms with Gasteiger partial charge in [0.15, 0.2) is 0 Å². The molecular weight excluding hydrogens is 287 g/mol. The normalized spacial score (nSPS) is 13.5. The van der Waals surface area contributed by atoms with E-state index in [1.165, 1.54) is 19.3 Å². The van der Waals surface area contributed by atoms with Gasteiger partial charge in [-0.3, -0.25) is 0 Å². The SMILES string of the molecule is O=[C-]O.[CH-]1CCC1.[Pt+2]. The van der Waals surface area contributed by atoms with Gasteiger partial charge in [-0.2, -0.15) is 12.8 Å². The Kier molecular flexibility index (Phi) is 14.1. The van der Waals surface area contributed by atoms with E-state index in [9.17, 15) is 0 Å². The van der Waals surface area contributed by atoms with Gasteiger partial charge in [0.1, 0.15) is 0 Å². The van der Waals surface area contributed by atoms with Crippen molar-refractivity contribution >= 4 is 6.47 Å². The summed E-state index contributed by atoms with van der Waals surface area (Å²) in [5.41, 5.74) is 0. The standard InChI is InChI=1S/C4H7.CHO2.Pt/c1-2-4-3-1;2-1-3;/h1H,2-4H2;(H,2,3);/q2*-1;+2. The first-order valence-electron chi connectivity index (χ1n) is 2.24. The fourth-order valence-corrected chi connectivity index (χ4v) is 0.204. The van der Waals surface area contributed by atoms with Gasteiger partial charge in [-0.05, 0) is 0 Å². The van der Waals surface area contributed by atoms with Crippen LogP contribution in [0, 0.1) is 6.42 Å². The molecule has 0 aromatic heterocycles. The minimum absolute atomic E-state index is 0. The molecule has 0 amide bonds. The van der Waals surface area contributed by atoms with Crippen molar-refractivity contribution in [3.05, 3.63) is 6.42 Å². The third-order valence-corrected chi connectivity index (χ3v) is 0.816. The van der Waals surface area contributed by atoms with Gasteiger partial charge in [0, 0.05) is 0 Å². The van der Waals surface area contributed by atoms with Crippen molar-refractivity contribution in [2.45, 2.75) is 19.3 Å². The van der Waals surface area contributed by atoms with E-state index in [2.05, 4.69) is 6.42 Å². The van der Waals surface area contributed by atoms with Gasteiger partial charge < -0.3 is 16.3 Å². The van der Waals surface area contributed by atoms with Gasteiger partial charge in [0.25, 0.3) is 0 Å². The number of hydrogen-bond donors (Lipinski definition) is 1. The molecule has 0 unspecified atom stereocenters. The molecule has 1 N–H and O–H groups in total. The number of rotatable bonds is 0. The second-order valence-corrected chi connectivity index (χ2v) is 1.31. The van der Waals surface area contributed by atoms with E-state index in [1.54, 1.807) is 0 Å². The van der Waals surface area contributed by atoms with Crippen LogP contribution in [0.2, 0.25) is 0 Å². The maximum atomic E-state index is 8.24. The predicted molar refractivity (Wildman–Crippen MR) is 26.5 cm³/mol. The summed E-state index contributed by atoms with van der Waals surface area (Å²) >= 11 is 0. The summed E-state index contributed by atoms with van der Waals surface area (Å²) in [6.07, 6.45) is 6.50. The average molecular weight is 295 g/mol. The van der Waals surface area contributed by atoms with Crippen LogP contribution in [0.1, 0.15) is 19.3 Å². The summed E-state index contributed by atoms with van der Waals surface area (Å²) in [6, 6.07) is 0. The second-order valence-electron chi connectivity index (χ2n) is 1.31. The Balaban J connectivity index is 0. The van der Waals surface area contributed by atoms with Crippen LogP contribution in [0.4, 0.5) is 0 Å². The van der Waals surface area contributed by atoms with E-state index in [1.807, 2.05) is 0 Å². The molecule has 1 aliphatic rings. The van der Waals surface area contributed by atoms with Crippen LogP contribution in [0.5, 0.6) is 0 Å². The molecule has 0 aromatic carbocycles. The van der Waals surface area contributed by atoms with E-state index < -0.39 is 0 Å². The molecule has 0 atom stereocenters. The summed E-state index contributed by atoms with van der Waals surface area (Å²) in [5, 5.41) is 6.76. The van der Waals surface area contributed by atoms with Crippen molar-refractivity contribution < 1.29 is 31.0 Å². The van der Waals surface area contributed by atoms with Crippen molar-refractivity contribution in [3.63, 3.8) is 0 Å². The molecule has 8 heavy (non-hydrogen) atoms. The zero-order chi connectivity index (χ0) is 5.54. The molecule has 0 aliphatic heterocycles. The Hall–Kier alpha value is 0.158. The van der Waals surface area contributed by atoms with Crippen LogP contribution < -0.4 is 0 Å². The Morgan fingerprint density at radius 2 is 1.62 bits per heavy atom. The summed E-state index contributed by atoms with van der Waals surface area (Å²) in [6.45, 7) is 0.500. The summed E-state index contributed by atoms with van der Waals surface area (Å²) in [4.78, 5) is 8.24. The van der Waals surface area contributed by atoms with Gasteiger partial charge in [-0.15, -0.1) is 6.42 Å². The van der Waals surface area contributed by atoms with Crippen LogP contribution in [0.15, 0.2) is 0 Å². The topological polar surface area (TPSA) is 37.3 Å². The molecule has 2 nitrogen and oxygen atoms in total. The van der Waals surface area contributed by atoms with E-state index in [4.69, 9.17) is 9.90 Å². The van der Waals surface area contributed by atoms with Gasteiger partial charge in [-0.1, -0.05) is 6.47 Å². The van der Waals surface area contributed by atoms with Crippen molar-refractivity contribution in [2.75, 3.05) is 0 Å². The van der Waals surface area contributed by atoms with Crippen molar-refractivity contribution in [3.8, 4) is 0 Å². The second kappa shape index (κ2) is 10.2. The Morgan fingerprint density at radius 1 is 1.50 bits per heavy atom. The summed E-state index contributed by atoms with van der Waals surface area (Å²) in [5.74, 6) is 0. The molecule has 1 fully saturated rings. The van der Waals surface area contributed by atoms with Gasteiger partial charge in [0.2, 0.25) is 0 Å². The smallest absolute Gasteiger partial charge is 0.665 e. The Labute approximate surface area is 63.5 Å². The maximum Gasteiger partial charge on any atom is 2.00 e. The van der Waals surface area contributed by atoms with Crippen molar-refractivity contribution in [2.24, 2.45) is 0 Å². The third-order valence-electron chi connectivity index (χ3n) is 0.816. The predicted octanol–water partition coefficient (Wildman–Crippen LogP) is 0.984. The number of hydrogen-bond acceptors (Lipinski definition) is 1. The molecule has 0 saturated heterocycles. The van der Waals surface area contributed by atoms with E-state index in [0.717, 1.165) is 0 Å². The van der Waals surface area contributed by atoms with Crippen LogP contribution in [0.25, 0.3) is 0 Å². The molecule has 1 saturated carbocycles. The molecule has 3 heteroatoms. The van der Waals surface area contributed by atoms with Gasteiger partial charge in [0.05, 0.1) is 0 Å². The first-order valence-corrected chi connectivity index (χ1v) is 2.24. The minimum Gasteiger partial charge on any atom is -0.665 e. The summed E-state index contributed by atoms with van der Waals surface area (Å²) < 4.78 is 0. The molecule has 1 aliphatic carbocycles. The van der Waals surface area contributed by atoms with E-state index >= 15 is 0 Å².